The van der Waals surface area contributed by atoms with Gasteiger partial charge in [0, 0.05) is 30.1 Å². The Hall–Kier alpha value is -2.81. The predicted octanol–water partition coefficient (Wildman–Crippen LogP) is 4.35. The number of nitrogens with one attached hydrogen (secondary N) is 1. The fourth-order valence-electron chi connectivity index (χ4n) is 2.78. The van der Waals surface area contributed by atoms with Crippen molar-refractivity contribution >= 4 is 27.3 Å². The second-order valence-corrected chi connectivity index (χ2v) is 8.14. The van der Waals surface area contributed by atoms with Gasteiger partial charge in [0.2, 0.25) is 10.0 Å². The molecule has 0 aliphatic rings. The van der Waals surface area contributed by atoms with Crippen LogP contribution in [0.1, 0.15) is 18.5 Å². The van der Waals surface area contributed by atoms with Crippen LogP contribution >= 0.6 is 11.6 Å². The molecule has 0 bridgehead atoms. The van der Waals surface area contributed by atoms with E-state index in [1.54, 1.807) is 31.3 Å². The standard InChI is InChI=1S/C19H16ClN3O4S/c1-13(22-28(26,27)19-8-3-2-7-18(19)23(24)25)14-5-4-6-15(11-14)16-9-10-21-12-17(16)20/h2-13,22H,1H3. The van der Waals surface area contributed by atoms with E-state index in [1.807, 2.05) is 12.1 Å². The van der Waals surface area contributed by atoms with Crippen molar-refractivity contribution in [2.24, 2.45) is 0 Å². The van der Waals surface area contributed by atoms with Crippen LogP contribution in [0, 0.1) is 10.1 Å². The summed E-state index contributed by atoms with van der Waals surface area (Å²) in [5, 5.41) is 11.6. The number of para-hydroxylation sites is 1. The lowest BCUT2D eigenvalue weighted by Crippen LogP contribution is -2.27. The molecule has 0 spiro atoms. The van der Waals surface area contributed by atoms with Gasteiger partial charge in [-0.15, -0.1) is 0 Å². The smallest absolute Gasteiger partial charge is 0.263 e. The Bertz CT molecular complexity index is 1140. The monoisotopic (exact) mass is 417 g/mol. The van der Waals surface area contributed by atoms with E-state index in [2.05, 4.69) is 9.71 Å². The van der Waals surface area contributed by atoms with Crippen LogP contribution in [0.15, 0.2) is 71.9 Å². The Balaban J connectivity index is 1.92. The Labute approximate surface area is 167 Å². The van der Waals surface area contributed by atoms with E-state index in [0.29, 0.717) is 10.6 Å². The van der Waals surface area contributed by atoms with Crippen molar-refractivity contribution in [3.63, 3.8) is 0 Å². The maximum absolute atomic E-state index is 12.7. The molecule has 0 radical (unpaired) electrons. The zero-order valence-electron chi connectivity index (χ0n) is 14.7. The van der Waals surface area contributed by atoms with Gasteiger partial charge >= 0.3 is 0 Å². The molecule has 0 saturated heterocycles. The largest absolute Gasteiger partial charge is 0.289 e. The van der Waals surface area contributed by atoms with Crippen molar-refractivity contribution in [1.82, 2.24) is 9.71 Å². The summed E-state index contributed by atoms with van der Waals surface area (Å²) in [6.07, 6.45) is 3.15. The second kappa shape index (κ2) is 8.05. The Morgan fingerprint density at radius 3 is 2.61 bits per heavy atom. The van der Waals surface area contributed by atoms with E-state index >= 15 is 0 Å². The molecule has 0 amide bonds. The molecule has 0 aliphatic carbocycles. The van der Waals surface area contributed by atoms with E-state index in [4.69, 9.17) is 11.6 Å². The number of nitro benzene ring substituents is 1. The van der Waals surface area contributed by atoms with Crippen LogP contribution in [0.5, 0.6) is 0 Å². The SMILES string of the molecule is CC(NS(=O)(=O)c1ccccc1[N+](=O)[O-])c1cccc(-c2ccncc2Cl)c1. The van der Waals surface area contributed by atoms with Crippen molar-refractivity contribution in [3.8, 4) is 11.1 Å². The number of pyridine rings is 1. The summed E-state index contributed by atoms with van der Waals surface area (Å²) in [6, 6.07) is 13.6. The van der Waals surface area contributed by atoms with E-state index in [1.165, 1.54) is 24.4 Å². The van der Waals surface area contributed by atoms with Crippen LogP contribution in [-0.2, 0) is 10.0 Å². The van der Waals surface area contributed by atoms with Crippen LogP contribution in [0.2, 0.25) is 5.02 Å². The molecular weight excluding hydrogens is 402 g/mol. The van der Waals surface area contributed by atoms with Gasteiger partial charge in [0.1, 0.15) is 0 Å². The van der Waals surface area contributed by atoms with E-state index in [-0.39, 0.29) is 4.90 Å². The molecule has 3 rings (SSSR count). The third-order valence-electron chi connectivity index (χ3n) is 4.15. The number of sulfonamides is 1. The van der Waals surface area contributed by atoms with Gasteiger partial charge in [-0.25, -0.2) is 13.1 Å². The van der Waals surface area contributed by atoms with Gasteiger partial charge in [0.15, 0.2) is 4.90 Å². The number of nitrogens with zero attached hydrogens (tertiary/aromatic N) is 2. The number of rotatable bonds is 6. The summed E-state index contributed by atoms with van der Waals surface area (Å²) in [5.41, 5.74) is 1.79. The van der Waals surface area contributed by atoms with Crippen molar-refractivity contribution in [1.29, 1.82) is 0 Å². The number of benzene rings is 2. The van der Waals surface area contributed by atoms with Crippen LogP contribution < -0.4 is 4.72 Å². The van der Waals surface area contributed by atoms with E-state index in [9.17, 15) is 18.5 Å². The summed E-state index contributed by atoms with van der Waals surface area (Å²) in [4.78, 5) is 14.0. The maximum Gasteiger partial charge on any atom is 0.289 e. The number of aromatic nitrogens is 1. The molecule has 28 heavy (non-hydrogen) atoms. The summed E-state index contributed by atoms with van der Waals surface area (Å²) >= 11 is 6.19. The zero-order chi connectivity index (χ0) is 20.3. The molecule has 0 saturated carbocycles. The first-order valence-electron chi connectivity index (χ1n) is 8.25. The predicted molar refractivity (Wildman–Crippen MR) is 107 cm³/mol. The van der Waals surface area contributed by atoms with Gasteiger partial charge in [-0.1, -0.05) is 41.9 Å². The van der Waals surface area contributed by atoms with Crippen LogP contribution in [0.25, 0.3) is 11.1 Å². The van der Waals surface area contributed by atoms with Crippen molar-refractivity contribution in [2.75, 3.05) is 0 Å². The molecule has 3 aromatic rings. The minimum absolute atomic E-state index is 0.375. The second-order valence-electron chi connectivity index (χ2n) is 6.05. The summed E-state index contributed by atoms with van der Waals surface area (Å²) < 4.78 is 27.9. The fraction of sp³-hybridized carbons (Fsp3) is 0.105. The zero-order valence-corrected chi connectivity index (χ0v) is 16.3. The van der Waals surface area contributed by atoms with Crippen LogP contribution in [0.4, 0.5) is 5.69 Å². The lowest BCUT2D eigenvalue weighted by atomic mass is 10.0. The number of hydrogen-bond acceptors (Lipinski definition) is 5. The first kappa shape index (κ1) is 19.9. The molecule has 1 N–H and O–H groups in total. The average molecular weight is 418 g/mol. The molecule has 2 aromatic carbocycles. The molecule has 9 heteroatoms. The summed E-state index contributed by atoms with van der Waals surface area (Å²) in [5.74, 6) is 0. The third-order valence-corrected chi connectivity index (χ3v) is 6.04. The van der Waals surface area contributed by atoms with Gasteiger partial charge in [0.25, 0.3) is 5.69 Å². The highest BCUT2D eigenvalue weighted by Crippen LogP contribution is 2.30. The first-order valence-corrected chi connectivity index (χ1v) is 10.1. The molecule has 0 fully saturated rings. The first-order chi connectivity index (χ1) is 13.3. The van der Waals surface area contributed by atoms with E-state index < -0.39 is 26.7 Å². The topological polar surface area (TPSA) is 102 Å². The number of hydrogen-bond donors (Lipinski definition) is 1. The quantitative estimate of drug-likeness (QED) is 0.474. The normalized spacial score (nSPS) is 12.5. The van der Waals surface area contributed by atoms with Crippen LogP contribution in [0.3, 0.4) is 0 Å². The van der Waals surface area contributed by atoms with Gasteiger partial charge in [-0.05, 0) is 36.2 Å². The maximum atomic E-state index is 12.7. The highest BCUT2D eigenvalue weighted by molar-refractivity contribution is 7.89. The molecular formula is C19H16ClN3O4S. The van der Waals surface area contributed by atoms with Gasteiger partial charge in [0.05, 0.1) is 9.95 Å². The average Bonchev–Trinajstić information content (AvgIpc) is 2.68. The minimum atomic E-state index is -4.10. The molecule has 1 atom stereocenters. The Morgan fingerprint density at radius 2 is 1.89 bits per heavy atom. The Kier molecular flexibility index (Phi) is 5.73. The van der Waals surface area contributed by atoms with Gasteiger partial charge < -0.3 is 0 Å². The molecule has 1 unspecified atom stereocenters. The van der Waals surface area contributed by atoms with Crippen LogP contribution in [-0.4, -0.2) is 18.3 Å². The lowest BCUT2D eigenvalue weighted by molar-refractivity contribution is -0.387. The highest BCUT2D eigenvalue weighted by atomic mass is 35.5. The van der Waals surface area contributed by atoms with Gasteiger partial charge in [-0.2, -0.15) is 0 Å². The van der Waals surface area contributed by atoms with Crippen molar-refractivity contribution in [2.45, 2.75) is 17.9 Å². The number of nitro groups is 1. The summed E-state index contributed by atoms with van der Waals surface area (Å²) in [6.45, 7) is 1.67. The van der Waals surface area contributed by atoms with Crippen molar-refractivity contribution in [3.05, 3.63) is 87.7 Å². The molecule has 0 aliphatic heterocycles. The Morgan fingerprint density at radius 1 is 1.14 bits per heavy atom. The minimum Gasteiger partial charge on any atom is -0.263 e. The molecule has 1 heterocycles. The molecule has 1 aromatic heterocycles. The molecule has 7 nitrogen and oxygen atoms in total. The highest BCUT2D eigenvalue weighted by Gasteiger charge is 2.27. The van der Waals surface area contributed by atoms with E-state index in [0.717, 1.165) is 17.2 Å². The summed E-state index contributed by atoms with van der Waals surface area (Å²) in [7, 11) is -4.10. The number of halogens is 1. The lowest BCUT2D eigenvalue weighted by Gasteiger charge is -2.16. The van der Waals surface area contributed by atoms with Gasteiger partial charge in [-0.3, -0.25) is 15.1 Å². The van der Waals surface area contributed by atoms with Crippen molar-refractivity contribution < 1.29 is 13.3 Å². The fourth-order valence-corrected chi connectivity index (χ4v) is 4.42. The molecule has 144 valence electrons. The third kappa shape index (κ3) is 4.19.